The van der Waals surface area contributed by atoms with Gasteiger partial charge >= 0.3 is 0 Å². The Hall–Kier alpha value is -1.69. The van der Waals surface area contributed by atoms with Gasteiger partial charge in [0.25, 0.3) is 0 Å². The molecule has 1 N–H and O–H groups in total. The summed E-state index contributed by atoms with van der Waals surface area (Å²) in [5.74, 6) is 0.338. The lowest BCUT2D eigenvalue weighted by Crippen LogP contribution is -2.55. The second-order valence-corrected chi connectivity index (χ2v) is 7.20. The number of benzene rings is 1. The number of rotatable bonds is 4. The third-order valence-electron chi connectivity index (χ3n) is 4.19. The quantitative estimate of drug-likeness (QED) is 0.352. The average Bonchev–Trinajstić information content (AvgIpc) is 3.04. The van der Waals surface area contributed by atoms with E-state index in [4.69, 9.17) is 0 Å². The molecule has 0 atom stereocenters. The molecule has 28 heavy (non-hydrogen) atoms. The van der Waals surface area contributed by atoms with E-state index in [2.05, 4.69) is 31.3 Å². The molecular weight excluding hydrogens is 542 g/mol. The number of hydrogen-bond acceptors (Lipinski definition) is 3. The fourth-order valence-corrected chi connectivity index (χ4v) is 3.48. The van der Waals surface area contributed by atoms with Crippen LogP contribution in [0.2, 0.25) is 0 Å². The molecule has 7 nitrogen and oxygen atoms in total. The number of aliphatic imine (C=N–C) groups is 1. The molecule has 1 aliphatic rings. The Labute approximate surface area is 189 Å². The van der Waals surface area contributed by atoms with Crippen LogP contribution in [0.1, 0.15) is 12.5 Å². The Kier molecular flexibility index (Phi) is 8.23. The van der Waals surface area contributed by atoms with Crippen molar-refractivity contribution in [3.63, 3.8) is 0 Å². The monoisotopic (exact) mass is 564 g/mol. The maximum Gasteiger partial charge on any atom is 0.246 e. The third kappa shape index (κ3) is 5.66. The lowest BCUT2D eigenvalue weighted by atomic mass is 10.2. The zero-order chi connectivity index (χ0) is 19.4. The van der Waals surface area contributed by atoms with Gasteiger partial charge in [-0.25, -0.2) is 9.38 Å². The summed E-state index contributed by atoms with van der Waals surface area (Å²) in [5.41, 5.74) is 1.56. The number of aromatic nitrogens is 2. The standard InChI is InChI=1S/C18H22BrFN6O.HI/c1-3-21-18(22-9-13-6-14(19)8-15(20)7-13)25-4-5-26(17(27)12-25)16-10-23-24(2)11-16;/h6-8,10-11H,3-5,9,12H2,1-2H3,(H,21,22);1H. The number of aryl methyl sites for hydroxylation is 1. The summed E-state index contributed by atoms with van der Waals surface area (Å²) in [6, 6.07) is 4.71. The number of nitrogens with zero attached hydrogens (tertiary/aromatic N) is 5. The van der Waals surface area contributed by atoms with Gasteiger partial charge in [-0.15, -0.1) is 24.0 Å². The molecule has 2 heterocycles. The number of carbonyl (C=O) groups excluding carboxylic acids is 1. The lowest BCUT2D eigenvalue weighted by Gasteiger charge is -2.35. The molecule has 1 aliphatic heterocycles. The maximum absolute atomic E-state index is 13.6. The van der Waals surface area contributed by atoms with Crippen molar-refractivity contribution < 1.29 is 9.18 Å². The highest BCUT2D eigenvalue weighted by Gasteiger charge is 2.27. The van der Waals surface area contributed by atoms with Crippen molar-refractivity contribution in [1.82, 2.24) is 20.0 Å². The van der Waals surface area contributed by atoms with E-state index in [9.17, 15) is 9.18 Å². The topological polar surface area (TPSA) is 65.8 Å². The predicted octanol–water partition coefficient (Wildman–Crippen LogP) is 2.75. The van der Waals surface area contributed by atoms with Gasteiger partial charge in [-0.3, -0.25) is 9.48 Å². The van der Waals surface area contributed by atoms with E-state index in [0.717, 1.165) is 11.3 Å². The lowest BCUT2D eigenvalue weighted by molar-refractivity contribution is -0.120. The van der Waals surface area contributed by atoms with E-state index in [-0.39, 0.29) is 42.2 Å². The number of hydrogen-bond donors (Lipinski definition) is 1. The van der Waals surface area contributed by atoms with Gasteiger partial charge in [0.15, 0.2) is 5.96 Å². The first-order valence-corrected chi connectivity index (χ1v) is 9.53. The van der Waals surface area contributed by atoms with Crippen LogP contribution < -0.4 is 10.2 Å². The van der Waals surface area contributed by atoms with E-state index in [1.165, 1.54) is 12.1 Å². The summed E-state index contributed by atoms with van der Waals surface area (Å²) in [4.78, 5) is 20.8. The largest absolute Gasteiger partial charge is 0.356 e. The molecule has 0 aliphatic carbocycles. The number of amides is 1. The summed E-state index contributed by atoms with van der Waals surface area (Å²) < 4.78 is 15.9. The normalized spacial score (nSPS) is 14.9. The average molecular weight is 565 g/mol. The third-order valence-corrected chi connectivity index (χ3v) is 4.65. The minimum atomic E-state index is -0.306. The molecule has 1 saturated heterocycles. The summed E-state index contributed by atoms with van der Waals surface area (Å²) in [7, 11) is 1.82. The zero-order valence-electron chi connectivity index (χ0n) is 15.7. The Bertz CT molecular complexity index is 838. The first kappa shape index (κ1) is 22.6. The van der Waals surface area contributed by atoms with Crippen LogP contribution in [0.15, 0.2) is 40.1 Å². The predicted molar refractivity (Wildman–Crippen MR) is 121 cm³/mol. The molecule has 1 fully saturated rings. The van der Waals surface area contributed by atoms with Gasteiger partial charge in [-0.05, 0) is 30.7 Å². The van der Waals surface area contributed by atoms with Crippen molar-refractivity contribution in [3.8, 4) is 0 Å². The summed E-state index contributed by atoms with van der Waals surface area (Å²) >= 11 is 3.29. The minimum absolute atomic E-state index is 0. The van der Waals surface area contributed by atoms with Gasteiger partial charge in [-0.1, -0.05) is 15.9 Å². The van der Waals surface area contributed by atoms with Crippen molar-refractivity contribution in [2.75, 3.05) is 31.1 Å². The molecule has 0 saturated carbocycles. The second-order valence-electron chi connectivity index (χ2n) is 6.29. The zero-order valence-corrected chi connectivity index (χ0v) is 19.6. The minimum Gasteiger partial charge on any atom is -0.356 e. The molecule has 1 aromatic heterocycles. The smallest absolute Gasteiger partial charge is 0.246 e. The molecule has 1 aromatic carbocycles. The first-order chi connectivity index (χ1) is 13.0. The van der Waals surface area contributed by atoms with Gasteiger partial charge in [0.05, 0.1) is 18.4 Å². The highest BCUT2D eigenvalue weighted by atomic mass is 127. The van der Waals surface area contributed by atoms with Gasteiger partial charge in [0, 0.05) is 37.4 Å². The van der Waals surface area contributed by atoms with Crippen LogP contribution in [0.3, 0.4) is 0 Å². The molecule has 1 amide bonds. The number of anilines is 1. The van der Waals surface area contributed by atoms with Crippen LogP contribution in [0.4, 0.5) is 10.1 Å². The fraction of sp³-hybridized carbons (Fsp3) is 0.389. The SMILES string of the molecule is CCNC(=NCc1cc(F)cc(Br)c1)N1CCN(c2cnn(C)c2)C(=O)C1.I. The summed E-state index contributed by atoms with van der Waals surface area (Å²) in [5, 5.41) is 7.34. The van der Waals surface area contributed by atoms with Crippen molar-refractivity contribution in [2.45, 2.75) is 13.5 Å². The number of nitrogens with one attached hydrogen (secondary N) is 1. The number of guanidine groups is 1. The molecule has 0 bridgehead atoms. The molecular formula is C18H23BrFIN6O. The molecule has 0 unspecified atom stereocenters. The van der Waals surface area contributed by atoms with Crippen LogP contribution in [0.25, 0.3) is 0 Å². The van der Waals surface area contributed by atoms with Gasteiger partial charge in [0.1, 0.15) is 12.4 Å². The molecule has 3 rings (SSSR count). The van der Waals surface area contributed by atoms with E-state index in [1.54, 1.807) is 15.8 Å². The highest BCUT2D eigenvalue weighted by molar-refractivity contribution is 14.0. The molecule has 10 heteroatoms. The summed E-state index contributed by atoms with van der Waals surface area (Å²) in [6.45, 7) is 4.42. The van der Waals surface area contributed by atoms with E-state index in [0.29, 0.717) is 36.6 Å². The molecule has 152 valence electrons. The Balaban J connectivity index is 0.00000280. The molecule has 2 aromatic rings. The van der Waals surface area contributed by atoms with Crippen molar-refractivity contribution >= 4 is 57.5 Å². The summed E-state index contributed by atoms with van der Waals surface area (Å²) in [6.07, 6.45) is 3.52. The highest BCUT2D eigenvalue weighted by Crippen LogP contribution is 2.17. The number of carbonyl (C=O) groups is 1. The molecule has 0 radical (unpaired) electrons. The van der Waals surface area contributed by atoms with Crippen LogP contribution >= 0.6 is 39.9 Å². The van der Waals surface area contributed by atoms with E-state index >= 15 is 0 Å². The van der Waals surface area contributed by atoms with Gasteiger partial charge in [0.2, 0.25) is 5.91 Å². The van der Waals surface area contributed by atoms with Gasteiger partial charge < -0.3 is 15.1 Å². The van der Waals surface area contributed by atoms with Crippen molar-refractivity contribution in [1.29, 1.82) is 0 Å². The van der Waals surface area contributed by atoms with Gasteiger partial charge in [-0.2, -0.15) is 5.10 Å². The van der Waals surface area contributed by atoms with Crippen LogP contribution in [-0.4, -0.2) is 52.7 Å². The van der Waals surface area contributed by atoms with Crippen molar-refractivity contribution in [3.05, 3.63) is 46.4 Å². The van der Waals surface area contributed by atoms with Crippen LogP contribution in [0, 0.1) is 5.82 Å². The first-order valence-electron chi connectivity index (χ1n) is 8.73. The Morgan fingerprint density at radius 2 is 2.14 bits per heavy atom. The Morgan fingerprint density at radius 1 is 1.36 bits per heavy atom. The van der Waals surface area contributed by atoms with E-state index in [1.807, 2.05) is 31.1 Å². The number of piperazine rings is 1. The second kappa shape index (κ2) is 10.2. The van der Waals surface area contributed by atoms with Crippen LogP contribution in [-0.2, 0) is 18.4 Å². The van der Waals surface area contributed by atoms with Crippen LogP contribution in [0.5, 0.6) is 0 Å². The molecule has 0 spiro atoms. The number of halogens is 3. The Morgan fingerprint density at radius 3 is 2.75 bits per heavy atom. The fourth-order valence-electron chi connectivity index (χ4n) is 2.97. The van der Waals surface area contributed by atoms with Crippen molar-refractivity contribution in [2.24, 2.45) is 12.0 Å². The van der Waals surface area contributed by atoms with E-state index < -0.39 is 0 Å². The maximum atomic E-state index is 13.6.